The molecule has 160 valence electrons. The number of amides is 1. The number of aliphatic imine (C=N–C) groups is 1. The molecule has 0 aromatic heterocycles. The molecule has 5 nitrogen and oxygen atoms in total. The van der Waals surface area contributed by atoms with Crippen molar-refractivity contribution < 1.29 is 14.3 Å². The van der Waals surface area contributed by atoms with Crippen molar-refractivity contribution in [3.05, 3.63) is 113 Å². The fourth-order valence-corrected chi connectivity index (χ4v) is 4.33. The van der Waals surface area contributed by atoms with E-state index in [1.54, 1.807) is 30.3 Å². The lowest BCUT2D eigenvalue weighted by molar-refractivity contribution is -0.115. The number of hydrogen-bond donors (Lipinski definition) is 1. The molecule has 0 spiro atoms. The number of hydrogen-bond acceptors (Lipinski definition) is 5. The fourth-order valence-electron chi connectivity index (χ4n) is 3.48. The molecule has 0 saturated carbocycles. The first-order valence-corrected chi connectivity index (χ1v) is 11.1. The number of esters is 1. The van der Waals surface area contributed by atoms with E-state index in [-0.39, 0.29) is 5.91 Å². The third-order valence-corrected chi connectivity index (χ3v) is 5.92. The molecule has 1 aliphatic rings. The quantitative estimate of drug-likeness (QED) is 0.237. The molecule has 4 aromatic carbocycles. The lowest BCUT2D eigenvalue weighted by Crippen LogP contribution is -2.19. The summed E-state index contributed by atoms with van der Waals surface area (Å²) in [6, 6.07) is 29.8. The highest BCUT2D eigenvalue weighted by Crippen LogP contribution is 2.29. The molecule has 0 radical (unpaired) electrons. The van der Waals surface area contributed by atoms with Crippen LogP contribution >= 0.6 is 11.8 Å². The van der Waals surface area contributed by atoms with E-state index >= 15 is 0 Å². The number of rotatable bonds is 4. The summed E-state index contributed by atoms with van der Waals surface area (Å²) in [6.07, 6.45) is 1.75. The number of carbonyl (C=O) groups excluding carboxylic acids is 2. The minimum absolute atomic E-state index is 0.215. The van der Waals surface area contributed by atoms with Gasteiger partial charge in [0.25, 0.3) is 5.91 Å². The zero-order valence-corrected chi connectivity index (χ0v) is 18.2. The second kappa shape index (κ2) is 9.14. The van der Waals surface area contributed by atoms with Crippen molar-refractivity contribution in [2.24, 2.45) is 4.99 Å². The van der Waals surface area contributed by atoms with Gasteiger partial charge in [-0.3, -0.25) is 4.79 Å². The molecule has 1 N–H and O–H groups in total. The molecule has 0 unspecified atom stereocenters. The summed E-state index contributed by atoms with van der Waals surface area (Å²) in [5.74, 6) is -0.237. The van der Waals surface area contributed by atoms with E-state index in [0.29, 0.717) is 21.4 Å². The number of benzene rings is 4. The first-order valence-electron chi connectivity index (χ1n) is 10.3. The molecule has 5 rings (SSSR count). The SMILES string of the molecule is O=C1NC(=Nc2ccccc2)S/C1=C\c1cccc(OC(=O)c2cccc3ccccc23)c1. The van der Waals surface area contributed by atoms with Crippen molar-refractivity contribution in [3.63, 3.8) is 0 Å². The molecule has 0 bridgehead atoms. The van der Waals surface area contributed by atoms with Gasteiger partial charge in [-0.2, -0.15) is 0 Å². The highest BCUT2D eigenvalue weighted by Gasteiger charge is 2.24. The van der Waals surface area contributed by atoms with Crippen molar-refractivity contribution in [2.75, 3.05) is 0 Å². The van der Waals surface area contributed by atoms with Crippen LogP contribution < -0.4 is 10.1 Å². The van der Waals surface area contributed by atoms with Crippen LogP contribution in [0, 0.1) is 0 Å². The lowest BCUT2D eigenvalue weighted by atomic mass is 10.0. The third-order valence-electron chi connectivity index (χ3n) is 5.01. The Balaban J connectivity index is 1.35. The Hall–Kier alpha value is -4.16. The van der Waals surface area contributed by atoms with Gasteiger partial charge >= 0.3 is 5.97 Å². The molecule has 4 aromatic rings. The van der Waals surface area contributed by atoms with E-state index in [1.807, 2.05) is 72.8 Å². The molecular formula is C27H18N2O3S. The Kier molecular flexibility index (Phi) is 5.74. The highest BCUT2D eigenvalue weighted by molar-refractivity contribution is 8.18. The first-order chi connectivity index (χ1) is 16.2. The van der Waals surface area contributed by atoms with E-state index in [9.17, 15) is 9.59 Å². The molecule has 1 fully saturated rings. The van der Waals surface area contributed by atoms with Crippen LogP contribution in [0.4, 0.5) is 5.69 Å². The van der Waals surface area contributed by atoms with Crippen molar-refractivity contribution in [1.82, 2.24) is 5.32 Å². The maximum absolute atomic E-state index is 12.8. The lowest BCUT2D eigenvalue weighted by Gasteiger charge is -2.08. The van der Waals surface area contributed by atoms with Crippen LogP contribution in [0.1, 0.15) is 15.9 Å². The average Bonchev–Trinajstić information content (AvgIpc) is 3.17. The van der Waals surface area contributed by atoms with Gasteiger partial charge in [0.1, 0.15) is 5.75 Å². The predicted octanol–water partition coefficient (Wildman–Crippen LogP) is 5.95. The number of ether oxygens (including phenoxy) is 1. The van der Waals surface area contributed by atoms with Crippen LogP contribution in [0.25, 0.3) is 16.8 Å². The summed E-state index contributed by atoms with van der Waals surface area (Å²) in [5, 5.41) is 5.12. The Morgan fingerprint density at radius 1 is 0.879 bits per heavy atom. The Labute approximate surface area is 194 Å². The smallest absolute Gasteiger partial charge is 0.344 e. The van der Waals surface area contributed by atoms with Gasteiger partial charge in [0.15, 0.2) is 5.17 Å². The van der Waals surface area contributed by atoms with Gasteiger partial charge in [-0.15, -0.1) is 0 Å². The normalized spacial score (nSPS) is 15.7. The second-order valence-electron chi connectivity index (χ2n) is 7.31. The first kappa shape index (κ1) is 20.7. The number of nitrogens with zero attached hydrogens (tertiary/aromatic N) is 1. The number of fused-ring (bicyclic) bond motifs is 1. The average molecular weight is 451 g/mol. The summed E-state index contributed by atoms with van der Waals surface area (Å²) < 4.78 is 5.64. The number of carbonyl (C=O) groups is 2. The largest absolute Gasteiger partial charge is 0.423 e. The maximum atomic E-state index is 12.8. The van der Waals surface area contributed by atoms with Crippen molar-refractivity contribution in [3.8, 4) is 5.75 Å². The minimum atomic E-state index is -0.429. The molecular weight excluding hydrogens is 432 g/mol. The summed E-state index contributed by atoms with van der Waals surface area (Å²) in [4.78, 5) is 30.2. The van der Waals surface area contributed by atoms with Crippen molar-refractivity contribution in [2.45, 2.75) is 0 Å². The monoisotopic (exact) mass is 450 g/mol. The van der Waals surface area contributed by atoms with Gasteiger partial charge in [0.05, 0.1) is 16.2 Å². The highest BCUT2D eigenvalue weighted by atomic mass is 32.2. The van der Waals surface area contributed by atoms with Gasteiger partial charge < -0.3 is 10.1 Å². The van der Waals surface area contributed by atoms with Gasteiger partial charge in [0.2, 0.25) is 0 Å². The summed E-state index contributed by atoms with van der Waals surface area (Å²) >= 11 is 1.27. The van der Waals surface area contributed by atoms with Crippen LogP contribution in [0.5, 0.6) is 5.75 Å². The summed E-state index contributed by atoms with van der Waals surface area (Å²) in [5.41, 5.74) is 2.02. The van der Waals surface area contributed by atoms with Gasteiger partial charge in [0, 0.05) is 0 Å². The summed E-state index contributed by atoms with van der Waals surface area (Å²) in [6.45, 7) is 0. The minimum Gasteiger partial charge on any atom is -0.423 e. The third kappa shape index (κ3) is 4.71. The molecule has 0 atom stereocenters. The van der Waals surface area contributed by atoms with Gasteiger partial charge in [-0.05, 0) is 64.5 Å². The van der Waals surface area contributed by atoms with Crippen LogP contribution in [0.3, 0.4) is 0 Å². The Morgan fingerprint density at radius 2 is 1.64 bits per heavy atom. The molecule has 6 heteroatoms. The molecule has 1 heterocycles. The van der Waals surface area contributed by atoms with Crippen molar-refractivity contribution >= 4 is 51.3 Å². The number of amidine groups is 1. The maximum Gasteiger partial charge on any atom is 0.344 e. The zero-order chi connectivity index (χ0) is 22.6. The molecule has 1 aliphatic heterocycles. The molecule has 1 amide bonds. The van der Waals surface area contributed by atoms with Crippen LogP contribution in [-0.4, -0.2) is 17.0 Å². The van der Waals surface area contributed by atoms with E-state index in [2.05, 4.69) is 10.3 Å². The van der Waals surface area contributed by atoms with Crippen LogP contribution in [0.2, 0.25) is 0 Å². The topological polar surface area (TPSA) is 67.8 Å². The van der Waals surface area contributed by atoms with E-state index < -0.39 is 5.97 Å². The number of nitrogens with one attached hydrogen (secondary N) is 1. The number of para-hydroxylation sites is 1. The standard InChI is InChI=1S/C27H18N2O3S/c30-25-24(33-27(29-25)28-20-11-2-1-3-12-20)17-18-8-6-13-21(16-18)32-26(31)23-15-7-10-19-9-4-5-14-22(19)23/h1-17H,(H,28,29,30)/b24-17-. The molecule has 33 heavy (non-hydrogen) atoms. The second-order valence-corrected chi connectivity index (χ2v) is 8.34. The zero-order valence-electron chi connectivity index (χ0n) is 17.4. The predicted molar refractivity (Wildman–Crippen MR) is 133 cm³/mol. The van der Waals surface area contributed by atoms with Crippen LogP contribution in [-0.2, 0) is 4.79 Å². The Morgan fingerprint density at radius 3 is 2.52 bits per heavy atom. The fraction of sp³-hybridized carbons (Fsp3) is 0. The van der Waals surface area contributed by atoms with E-state index in [0.717, 1.165) is 22.0 Å². The Bertz CT molecular complexity index is 1420. The van der Waals surface area contributed by atoms with E-state index in [1.165, 1.54) is 11.8 Å². The van der Waals surface area contributed by atoms with Crippen molar-refractivity contribution in [1.29, 1.82) is 0 Å². The summed E-state index contributed by atoms with van der Waals surface area (Å²) in [7, 11) is 0. The van der Waals surface area contributed by atoms with Gasteiger partial charge in [-0.25, -0.2) is 9.79 Å². The molecule has 0 aliphatic carbocycles. The van der Waals surface area contributed by atoms with Crippen LogP contribution in [0.15, 0.2) is 107 Å². The number of thioether (sulfide) groups is 1. The molecule has 1 saturated heterocycles. The van der Waals surface area contributed by atoms with Gasteiger partial charge in [-0.1, -0.05) is 66.7 Å². The van der Waals surface area contributed by atoms with E-state index in [4.69, 9.17) is 4.74 Å².